The van der Waals surface area contributed by atoms with Crippen LogP contribution in [-0.4, -0.2) is 22.7 Å². The van der Waals surface area contributed by atoms with E-state index in [1.54, 1.807) is 42.6 Å². The molecule has 0 fully saturated rings. The maximum atomic E-state index is 12.4. The van der Waals surface area contributed by atoms with Crippen LogP contribution in [0.3, 0.4) is 0 Å². The molecule has 1 amide bonds. The second-order valence-corrected chi connectivity index (χ2v) is 4.59. The van der Waals surface area contributed by atoms with Gasteiger partial charge in [-0.1, -0.05) is 18.2 Å². The lowest BCUT2D eigenvalue weighted by Crippen LogP contribution is -2.32. The third-order valence-electron chi connectivity index (χ3n) is 3.22. The fourth-order valence-corrected chi connectivity index (χ4v) is 2.21. The third-order valence-corrected chi connectivity index (χ3v) is 3.22. The summed E-state index contributed by atoms with van der Waals surface area (Å²) >= 11 is 0. The predicted molar refractivity (Wildman–Crippen MR) is 82.9 cm³/mol. The fourth-order valence-electron chi connectivity index (χ4n) is 2.21. The standard InChI is InChI=1S/C16H13N3O3/c1-22-19-14(15(20)18-12-6-4-8-17-10-12)9-11-5-2-3-7-13(11)16(19)21/h2-10H,1H3,(H,18,20). The van der Waals surface area contributed by atoms with Crippen LogP contribution in [-0.2, 0) is 0 Å². The van der Waals surface area contributed by atoms with E-state index in [0.717, 1.165) is 4.73 Å². The summed E-state index contributed by atoms with van der Waals surface area (Å²) in [5.74, 6) is -0.447. The molecule has 2 aromatic heterocycles. The number of carbonyl (C=O) groups is 1. The number of amides is 1. The predicted octanol–water partition coefficient (Wildman–Crippen LogP) is 1.71. The number of nitrogens with zero attached hydrogens (tertiary/aromatic N) is 2. The second-order valence-electron chi connectivity index (χ2n) is 4.59. The van der Waals surface area contributed by atoms with Gasteiger partial charge in [0.2, 0.25) is 0 Å². The Morgan fingerprint density at radius 2 is 2.05 bits per heavy atom. The quantitative estimate of drug-likeness (QED) is 0.798. The summed E-state index contributed by atoms with van der Waals surface area (Å²) in [7, 11) is 1.34. The van der Waals surface area contributed by atoms with Crippen molar-refractivity contribution in [3.8, 4) is 0 Å². The number of anilines is 1. The molecule has 0 unspecified atom stereocenters. The van der Waals surface area contributed by atoms with Crippen LogP contribution in [0.25, 0.3) is 10.8 Å². The Kier molecular flexibility index (Phi) is 3.57. The van der Waals surface area contributed by atoms with E-state index in [1.165, 1.54) is 13.3 Å². The van der Waals surface area contributed by atoms with Crippen LogP contribution >= 0.6 is 0 Å². The lowest BCUT2D eigenvalue weighted by molar-refractivity contribution is 0.0952. The molecule has 0 saturated carbocycles. The Balaban J connectivity index is 2.09. The summed E-state index contributed by atoms with van der Waals surface area (Å²) in [5, 5.41) is 3.85. The van der Waals surface area contributed by atoms with Crippen LogP contribution in [0.5, 0.6) is 0 Å². The second kappa shape index (κ2) is 5.69. The van der Waals surface area contributed by atoms with Gasteiger partial charge < -0.3 is 10.2 Å². The van der Waals surface area contributed by atoms with Crippen molar-refractivity contribution in [3.05, 3.63) is 70.9 Å². The number of carbonyl (C=O) groups excluding carboxylic acids is 1. The van der Waals surface area contributed by atoms with E-state index in [0.29, 0.717) is 16.5 Å². The lowest BCUT2D eigenvalue weighted by atomic mass is 10.1. The van der Waals surface area contributed by atoms with E-state index in [2.05, 4.69) is 10.3 Å². The largest absolute Gasteiger partial charge is 0.413 e. The first-order chi connectivity index (χ1) is 10.7. The average molecular weight is 295 g/mol. The van der Waals surface area contributed by atoms with E-state index in [4.69, 9.17) is 4.84 Å². The summed E-state index contributed by atoms with van der Waals surface area (Å²) in [5.41, 5.74) is 0.280. The van der Waals surface area contributed by atoms with Crippen LogP contribution in [0.1, 0.15) is 10.5 Å². The van der Waals surface area contributed by atoms with E-state index < -0.39 is 5.91 Å². The molecule has 22 heavy (non-hydrogen) atoms. The topological polar surface area (TPSA) is 73.2 Å². The van der Waals surface area contributed by atoms with E-state index in [1.807, 2.05) is 6.07 Å². The zero-order valence-corrected chi connectivity index (χ0v) is 11.8. The minimum absolute atomic E-state index is 0.120. The zero-order chi connectivity index (χ0) is 15.5. The van der Waals surface area contributed by atoms with Gasteiger partial charge in [0.05, 0.1) is 17.3 Å². The van der Waals surface area contributed by atoms with Crippen LogP contribution in [0.15, 0.2) is 59.7 Å². The highest BCUT2D eigenvalue weighted by Crippen LogP contribution is 2.13. The lowest BCUT2D eigenvalue weighted by Gasteiger charge is -2.12. The number of hydrogen-bond donors (Lipinski definition) is 1. The summed E-state index contributed by atoms with van der Waals surface area (Å²) in [4.78, 5) is 33.8. The first kappa shape index (κ1) is 13.8. The Morgan fingerprint density at radius 1 is 1.23 bits per heavy atom. The SMILES string of the molecule is COn1c(C(=O)Nc2cccnc2)cc2ccccc2c1=O. The molecule has 3 rings (SSSR count). The van der Waals surface area contributed by atoms with Gasteiger partial charge in [0.25, 0.3) is 11.5 Å². The number of nitrogens with one attached hydrogen (secondary N) is 1. The number of fused-ring (bicyclic) bond motifs is 1. The Hall–Kier alpha value is -3.15. The van der Waals surface area contributed by atoms with E-state index in [9.17, 15) is 9.59 Å². The van der Waals surface area contributed by atoms with Crippen molar-refractivity contribution in [2.75, 3.05) is 12.4 Å². The van der Waals surface area contributed by atoms with Gasteiger partial charge in [0.15, 0.2) is 0 Å². The third kappa shape index (κ3) is 2.42. The first-order valence-electron chi connectivity index (χ1n) is 6.61. The molecule has 0 aliphatic heterocycles. The van der Waals surface area contributed by atoms with Crippen molar-refractivity contribution in [2.24, 2.45) is 0 Å². The number of rotatable bonds is 3. The molecule has 0 aliphatic rings. The monoisotopic (exact) mass is 295 g/mol. The number of pyridine rings is 2. The molecule has 1 N–H and O–H groups in total. The Labute approximate surface area is 125 Å². The molecule has 3 aromatic rings. The molecule has 6 nitrogen and oxygen atoms in total. The highest BCUT2D eigenvalue weighted by molar-refractivity contribution is 6.04. The minimum Gasteiger partial charge on any atom is -0.413 e. The molecule has 0 radical (unpaired) electrons. The van der Waals surface area contributed by atoms with Gasteiger partial charge in [0.1, 0.15) is 12.8 Å². The van der Waals surface area contributed by atoms with Gasteiger partial charge in [-0.3, -0.25) is 14.6 Å². The number of hydrogen-bond acceptors (Lipinski definition) is 4. The summed E-state index contributed by atoms with van der Waals surface area (Å²) < 4.78 is 0.980. The molecular weight excluding hydrogens is 282 g/mol. The van der Waals surface area contributed by atoms with E-state index in [-0.39, 0.29) is 11.3 Å². The van der Waals surface area contributed by atoms with Crippen molar-refractivity contribution in [1.82, 2.24) is 9.71 Å². The van der Waals surface area contributed by atoms with Crippen LogP contribution in [0.2, 0.25) is 0 Å². The van der Waals surface area contributed by atoms with Crippen LogP contribution < -0.4 is 15.7 Å². The molecule has 6 heteroatoms. The zero-order valence-electron chi connectivity index (χ0n) is 11.8. The van der Waals surface area contributed by atoms with Crippen LogP contribution in [0, 0.1) is 0 Å². The van der Waals surface area contributed by atoms with Crippen molar-refractivity contribution in [1.29, 1.82) is 0 Å². The summed E-state index contributed by atoms with van der Waals surface area (Å²) in [6.45, 7) is 0. The van der Waals surface area contributed by atoms with Gasteiger partial charge in [-0.25, -0.2) is 0 Å². The number of benzene rings is 1. The number of aromatic nitrogens is 2. The van der Waals surface area contributed by atoms with Gasteiger partial charge >= 0.3 is 0 Å². The normalized spacial score (nSPS) is 10.4. The molecular formula is C16H13N3O3. The van der Waals surface area contributed by atoms with Crippen LogP contribution in [0.4, 0.5) is 5.69 Å². The molecule has 2 heterocycles. The average Bonchev–Trinajstić information content (AvgIpc) is 2.55. The summed E-state index contributed by atoms with van der Waals surface area (Å²) in [6.07, 6.45) is 3.13. The molecule has 0 aliphatic carbocycles. The maximum absolute atomic E-state index is 12.4. The van der Waals surface area contributed by atoms with Crippen molar-refractivity contribution in [2.45, 2.75) is 0 Å². The van der Waals surface area contributed by atoms with E-state index >= 15 is 0 Å². The molecule has 0 bridgehead atoms. The highest BCUT2D eigenvalue weighted by Gasteiger charge is 2.16. The fraction of sp³-hybridized carbons (Fsp3) is 0.0625. The molecule has 0 atom stereocenters. The van der Waals surface area contributed by atoms with Gasteiger partial charge in [0, 0.05) is 6.20 Å². The minimum atomic E-state index is -0.447. The van der Waals surface area contributed by atoms with Gasteiger partial charge in [-0.2, -0.15) is 0 Å². The highest BCUT2D eigenvalue weighted by atomic mass is 16.6. The molecule has 110 valence electrons. The van der Waals surface area contributed by atoms with Gasteiger partial charge in [-0.15, -0.1) is 4.73 Å². The first-order valence-corrected chi connectivity index (χ1v) is 6.61. The Bertz CT molecular complexity index is 888. The maximum Gasteiger partial charge on any atom is 0.291 e. The molecule has 0 saturated heterocycles. The Morgan fingerprint density at radius 3 is 2.77 bits per heavy atom. The van der Waals surface area contributed by atoms with Crippen molar-refractivity contribution < 1.29 is 9.63 Å². The van der Waals surface area contributed by atoms with Crippen molar-refractivity contribution >= 4 is 22.4 Å². The smallest absolute Gasteiger partial charge is 0.291 e. The molecule has 1 aromatic carbocycles. The summed E-state index contributed by atoms with van der Waals surface area (Å²) in [6, 6.07) is 12.1. The molecule has 0 spiro atoms. The van der Waals surface area contributed by atoms with Crippen molar-refractivity contribution in [3.63, 3.8) is 0 Å². The van der Waals surface area contributed by atoms with Gasteiger partial charge in [-0.05, 0) is 29.7 Å².